The van der Waals surface area contributed by atoms with Gasteiger partial charge in [-0.25, -0.2) is 0 Å². The van der Waals surface area contributed by atoms with Crippen LogP contribution in [-0.2, 0) is 11.3 Å². The lowest BCUT2D eigenvalue weighted by atomic mass is 9.94. The molecule has 0 unspecified atom stereocenters. The lowest BCUT2D eigenvalue weighted by Crippen LogP contribution is -2.37. The van der Waals surface area contributed by atoms with Crippen LogP contribution in [0.1, 0.15) is 16.7 Å². The summed E-state index contributed by atoms with van der Waals surface area (Å²) in [5.74, 6) is 0.109. The van der Waals surface area contributed by atoms with Crippen LogP contribution in [0.15, 0.2) is 90.5 Å². The van der Waals surface area contributed by atoms with Crippen LogP contribution in [-0.4, -0.2) is 33.7 Å². The van der Waals surface area contributed by atoms with E-state index in [2.05, 4.69) is 27.0 Å². The maximum atomic E-state index is 13.1. The van der Waals surface area contributed by atoms with Crippen molar-refractivity contribution >= 4 is 17.9 Å². The highest BCUT2D eigenvalue weighted by molar-refractivity contribution is 6.14. The van der Waals surface area contributed by atoms with Crippen molar-refractivity contribution in [2.24, 2.45) is 0 Å². The average Bonchev–Trinajstić information content (AvgIpc) is 2.74. The Labute approximate surface area is 164 Å². The van der Waals surface area contributed by atoms with E-state index in [-0.39, 0.29) is 5.78 Å². The van der Waals surface area contributed by atoms with Gasteiger partial charge < -0.3 is 0 Å². The number of hydrogen-bond donors (Lipinski definition) is 0. The average molecular weight is 367 g/mol. The second-order valence-corrected chi connectivity index (χ2v) is 6.86. The summed E-state index contributed by atoms with van der Waals surface area (Å²) in [7, 11) is 0. The minimum Gasteiger partial charge on any atom is -0.290 e. The van der Waals surface area contributed by atoms with Crippen LogP contribution < -0.4 is 0 Å². The fourth-order valence-corrected chi connectivity index (χ4v) is 3.39. The molecule has 4 rings (SSSR count). The predicted molar refractivity (Wildman–Crippen MR) is 111 cm³/mol. The Balaban J connectivity index is 1.66. The van der Waals surface area contributed by atoms with Crippen molar-refractivity contribution in [1.29, 1.82) is 0 Å². The molecule has 3 aromatic rings. The van der Waals surface area contributed by atoms with Crippen LogP contribution in [0.25, 0.3) is 12.2 Å². The fourth-order valence-electron chi connectivity index (χ4n) is 3.39. The molecule has 0 N–H and O–H groups in total. The van der Waals surface area contributed by atoms with Gasteiger partial charge in [-0.1, -0.05) is 30.3 Å². The Morgan fingerprint density at radius 3 is 1.75 bits per heavy atom. The lowest BCUT2D eigenvalue weighted by Gasteiger charge is -2.30. The molecular formula is C24H21N3O. The molecule has 1 aliphatic heterocycles. The standard InChI is InChI=1S/C24H21N3O/c28-24-22(14-19-6-10-25-11-7-19)17-27(16-21-4-2-1-3-5-21)18-23(24)15-20-8-12-26-13-9-20/h1-15H,16-18H2/b22-14-,23-15+. The minimum absolute atomic E-state index is 0.109. The summed E-state index contributed by atoms with van der Waals surface area (Å²) in [6.45, 7) is 2.06. The number of Topliss-reactive ketones (excluding diaryl/α,β-unsaturated/α-hetero) is 1. The van der Waals surface area contributed by atoms with Crippen molar-refractivity contribution in [3.8, 4) is 0 Å². The van der Waals surface area contributed by atoms with E-state index in [1.54, 1.807) is 24.8 Å². The van der Waals surface area contributed by atoms with Crippen molar-refractivity contribution in [1.82, 2.24) is 14.9 Å². The lowest BCUT2D eigenvalue weighted by molar-refractivity contribution is -0.113. The van der Waals surface area contributed by atoms with Gasteiger partial charge in [-0.05, 0) is 53.1 Å². The third kappa shape index (κ3) is 4.48. The van der Waals surface area contributed by atoms with Gasteiger partial charge in [0.1, 0.15) is 0 Å². The summed E-state index contributed by atoms with van der Waals surface area (Å²) in [4.78, 5) is 23.6. The Hall–Kier alpha value is -3.37. The van der Waals surface area contributed by atoms with E-state index >= 15 is 0 Å². The van der Waals surface area contributed by atoms with Crippen LogP contribution in [0.4, 0.5) is 0 Å². The van der Waals surface area contributed by atoms with E-state index in [0.717, 1.165) is 28.8 Å². The van der Waals surface area contributed by atoms with Gasteiger partial charge in [-0.2, -0.15) is 0 Å². The third-order valence-corrected chi connectivity index (χ3v) is 4.71. The van der Waals surface area contributed by atoms with Crippen molar-refractivity contribution in [2.45, 2.75) is 6.54 Å². The van der Waals surface area contributed by atoms with Crippen molar-refractivity contribution in [3.05, 3.63) is 107 Å². The number of ketones is 1. The van der Waals surface area contributed by atoms with E-state index in [1.165, 1.54) is 5.56 Å². The van der Waals surface area contributed by atoms with Crippen LogP contribution in [0.2, 0.25) is 0 Å². The van der Waals surface area contributed by atoms with Gasteiger partial charge in [-0.15, -0.1) is 0 Å². The molecule has 1 saturated heterocycles. The van der Waals surface area contributed by atoms with Gasteiger partial charge in [0.05, 0.1) is 0 Å². The molecule has 4 nitrogen and oxygen atoms in total. The molecule has 0 saturated carbocycles. The minimum atomic E-state index is 0.109. The van der Waals surface area contributed by atoms with E-state index in [1.807, 2.05) is 54.6 Å². The molecule has 0 radical (unpaired) electrons. The number of pyridine rings is 2. The number of piperidine rings is 1. The van der Waals surface area contributed by atoms with Gasteiger partial charge >= 0.3 is 0 Å². The van der Waals surface area contributed by atoms with Crippen molar-refractivity contribution in [3.63, 3.8) is 0 Å². The maximum absolute atomic E-state index is 13.1. The quantitative estimate of drug-likeness (QED) is 0.653. The van der Waals surface area contributed by atoms with Gasteiger partial charge in [-0.3, -0.25) is 19.7 Å². The molecule has 0 spiro atoms. The number of likely N-dealkylation sites (tertiary alicyclic amines) is 1. The number of carbonyl (C=O) groups excluding carboxylic acids is 1. The molecule has 0 bridgehead atoms. The monoisotopic (exact) mass is 367 g/mol. The molecule has 28 heavy (non-hydrogen) atoms. The molecule has 1 fully saturated rings. The summed E-state index contributed by atoms with van der Waals surface area (Å²) in [6.07, 6.45) is 10.9. The van der Waals surface area contributed by atoms with E-state index in [0.29, 0.717) is 13.1 Å². The highest BCUT2D eigenvalue weighted by Gasteiger charge is 2.26. The molecule has 0 aliphatic carbocycles. The Kier molecular flexibility index (Phi) is 5.50. The number of hydrogen-bond acceptors (Lipinski definition) is 4. The number of aromatic nitrogens is 2. The summed E-state index contributed by atoms with van der Waals surface area (Å²) < 4.78 is 0. The molecule has 138 valence electrons. The highest BCUT2D eigenvalue weighted by Crippen LogP contribution is 2.23. The maximum Gasteiger partial charge on any atom is 0.187 e. The first-order valence-corrected chi connectivity index (χ1v) is 9.30. The molecule has 1 aliphatic rings. The summed E-state index contributed by atoms with van der Waals surface area (Å²) in [6, 6.07) is 18.0. The molecule has 0 atom stereocenters. The first-order chi connectivity index (χ1) is 13.8. The van der Waals surface area contributed by atoms with E-state index in [9.17, 15) is 4.79 Å². The van der Waals surface area contributed by atoms with Crippen molar-refractivity contribution in [2.75, 3.05) is 13.1 Å². The molecule has 1 aromatic carbocycles. The number of benzene rings is 1. The van der Waals surface area contributed by atoms with Crippen molar-refractivity contribution < 1.29 is 4.79 Å². The smallest absolute Gasteiger partial charge is 0.187 e. The van der Waals surface area contributed by atoms with Crippen LogP contribution in [0.3, 0.4) is 0 Å². The zero-order valence-corrected chi connectivity index (χ0v) is 15.5. The Bertz CT molecular complexity index is 934. The first-order valence-electron chi connectivity index (χ1n) is 9.30. The molecule has 0 amide bonds. The molecular weight excluding hydrogens is 346 g/mol. The van der Waals surface area contributed by atoms with E-state index in [4.69, 9.17) is 0 Å². The second-order valence-electron chi connectivity index (χ2n) is 6.86. The van der Waals surface area contributed by atoms with Crippen LogP contribution in [0, 0.1) is 0 Å². The Morgan fingerprint density at radius 2 is 1.25 bits per heavy atom. The summed E-state index contributed by atoms with van der Waals surface area (Å²) in [5.41, 5.74) is 4.82. The molecule has 3 heterocycles. The molecule has 2 aromatic heterocycles. The number of rotatable bonds is 4. The zero-order valence-electron chi connectivity index (χ0n) is 15.5. The number of carbonyl (C=O) groups is 1. The van der Waals surface area contributed by atoms with Gasteiger partial charge in [0, 0.05) is 55.6 Å². The van der Waals surface area contributed by atoms with Crippen LogP contribution >= 0.6 is 0 Å². The topological polar surface area (TPSA) is 46.1 Å². The molecule has 4 heteroatoms. The third-order valence-electron chi connectivity index (χ3n) is 4.71. The highest BCUT2D eigenvalue weighted by atomic mass is 16.1. The predicted octanol–water partition coefficient (Wildman–Crippen LogP) is 4.03. The largest absolute Gasteiger partial charge is 0.290 e. The number of nitrogens with zero attached hydrogens (tertiary/aromatic N) is 3. The summed E-state index contributed by atoms with van der Waals surface area (Å²) >= 11 is 0. The second kappa shape index (κ2) is 8.55. The SMILES string of the molecule is O=C1/C(=C\c2ccncc2)CN(Cc2ccccc2)C/C1=C\c1ccncc1. The van der Waals surface area contributed by atoms with Gasteiger partial charge in [0.25, 0.3) is 0 Å². The normalized spacial score (nSPS) is 17.9. The van der Waals surface area contributed by atoms with Gasteiger partial charge in [0.2, 0.25) is 0 Å². The zero-order chi connectivity index (χ0) is 19.2. The summed E-state index contributed by atoms with van der Waals surface area (Å²) in [5, 5.41) is 0. The van der Waals surface area contributed by atoms with E-state index < -0.39 is 0 Å². The fraction of sp³-hybridized carbons (Fsp3) is 0.125. The van der Waals surface area contributed by atoms with Gasteiger partial charge in [0.15, 0.2) is 5.78 Å². The Morgan fingerprint density at radius 1 is 0.750 bits per heavy atom. The van der Waals surface area contributed by atoms with Crippen LogP contribution in [0.5, 0.6) is 0 Å². The first kappa shape index (κ1) is 18.0.